The van der Waals surface area contributed by atoms with E-state index in [1.54, 1.807) is 30.8 Å². The second kappa shape index (κ2) is 9.56. The van der Waals surface area contributed by atoms with E-state index in [1.807, 2.05) is 50.2 Å². The Morgan fingerprint density at radius 1 is 1.09 bits per heavy atom. The molecule has 0 fully saturated rings. The molecule has 2 aromatic carbocycles. The van der Waals surface area contributed by atoms with E-state index in [4.69, 9.17) is 13.9 Å². The summed E-state index contributed by atoms with van der Waals surface area (Å²) in [5.74, 6) is 2.03. The normalized spacial score (nSPS) is 10.8. The summed E-state index contributed by atoms with van der Waals surface area (Å²) in [6, 6.07) is 14.8. The molecule has 0 unspecified atom stereocenters. The van der Waals surface area contributed by atoms with Crippen LogP contribution in [0.25, 0.3) is 11.5 Å². The van der Waals surface area contributed by atoms with Gasteiger partial charge in [0.15, 0.2) is 5.69 Å². The van der Waals surface area contributed by atoms with Crippen molar-refractivity contribution in [2.75, 3.05) is 19.0 Å². The summed E-state index contributed by atoms with van der Waals surface area (Å²) in [6.45, 7) is 6.42. The number of rotatable bonds is 8. The molecule has 0 saturated carbocycles. The highest BCUT2D eigenvalue weighted by atomic mass is 16.5. The first-order chi connectivity index (χ1) is 16.0. The number of anilines is 1. The van der Waals surface area contributed by atoms with E-state index in [0.717, 1.165) is 5.56 Å². The topological polar surface area (TPSA) is 104 Å². The smallest absolute Gasteiger partial charge is 0.278 e. The third kappa shape index (κ3) is 4.57. The Labute approximate surface area is 191 Å². The fourth-order valence-electron chi connectivity index (χ4n) is 3.41. The van der Waals surface area contributed by atoms with Gasteiger partial charge in [-0.05, 0) is 45.0 Å². The molecule has 4 aromatic rings. The third-order valence-corrected chi connectivity index (χ3v) is 5.16. The summed E-state index contributed by atoms with van der Waals surface area (Å²) in [5, 5.41) is 11.1. The number of nitrogens with zero attached hydrogens (tertiary/aromatic N) is 4. The number of carbonyl (C=O) groups is 1. The van der Waals surface area contributed by atoms with Gasteiger partial charge < -0.3 is 19.2 Å². The fourth-order valence-corrected chi connectivity index (χ4v) is 3.41. The number of benzene rings is 2. The summed E-state index contributed by atoms with van der Waals surface area (Å²) >= 11 is 0. The summed E-state index contributed by atoms with van der Waals surface area (Å²) in [7, 11) is 1.55. The van der Waals surface area contributed by atoms with E-state index in [1.165, 1.54) is 0 Å². The molecule has 1 N–H and O–H groups in total. The maximum atomic E-state index is 12.8. The van der Waals surface area contributed by atoms with Crippen molar-refractivity contribution < 1.29 is 18.7 Å². The quantitative estimate of drug-likeness (QED) is 0.430. The van der Waals surface area contributed by atoms with Crippen molar-refractivity contribution in [3.63, 3.8) is 0 Å². The number of aryl methyl sites for hydroxylation is 1. The summed E-state index contributed by atoms with van der Waals surface area (Å²) in [6.07, 6.45) is 0. The zero-order valence-electron chi connectivity index (χ0n) is 19.0. The van der Waals surface area contributed by atoms with Crippen LogP contribution in [0.5, 0.6) is 11.5 Å². The molecule has 0 atom stereocenters. The number of carbonyl (C=O) groups excluding carboxylic acids is 1. The van der Waals surface area contributed by atoms with Gasteiger partial charge in [0.25, 0.3) is 5.91 Å². The van der Waals surface area contributed by atoms with E-state index in [0.29, 0.717) is 53.4 Å². The Kier molecular flexibility index (Phi) is 6.39. The van der Waals surface area contributed by atoms with Gasteiger partial charge in [0.1, 0.15) is 23.0 Å². The van der Waals surface area contributed by atoms with Gasteiger partial charge in [0.2, 0.25) is 5.89 Å². The summed E-state index contributed by atoms with van der Waals surface area (Å²) in [5.41, 5.74) is 2.87. The van der Waals surface area contributed by atoms with Crippen LogP contribution < -0.4 is 14.8 Å². The van der Waals surface area contributed by atoms with Crippen molar-refractivity contribution in [2.24, 2.45) is 0 Å². The molecule has 2 heterocycles. The molecule has 4 rings (SSSR count). The number of methoxy groups -OCH3 is 1. The second-order valence-electron chi connectivity index (χ2n) is 7.29. The minimum absolute atomic E-state index is 0.226. The van der Waals surface area contributed by atoms with Gasteiger partial charge in [-0.3, -0.25) is 4.79 Å². The molecule has 9 nitrogen and oxygen atoms in total. The maximum absolute atomic E-state index is 12.8. The molecule has 0 aliphatic heterocycles. The summed E-state index contributed by atoms with van der Waals surface area (Å²) in [4.78, 5) is 17.4. The van der Waals surface area contributed by atoms with Crippen LogP contribution in [0.4, 0.5) is 5.69 Å². The SMILES string of the molecule is CCOc1ccccc1-c1nc(Cn2nnc(C(=O)Nc3ccccc3OC)c2C)c(C)o1. The number of hydrogen-bond donors (Lipinski definition) is 1. The molecule has 0 spiro atoms. The predicted molar refractivity (Wildman–Crippen MR) is 123 cm³/mol. The van der Waals surface area contributed by atoms with Gasteiger partial charge >= 0.3 is 0 Å². The lowest BCUT2D eigenvalue weighted by Gasteiger charge is -2.09. The van der Waals surface area contributed by atoms with E-state index in [9.17, 15) is 4.79 Å². The zero-order chi connectivity index (χ0) is 23.4. The third-order valence-electron chi connectivity index (χ3n) is 5.16. The predicted octanol–water partition coefficient (Wildman–Crippen LogP) is 4.26. The Morgan fingerprint density at radius 2 is 1.82 bits per heavy atom. The molecule has 170 valence electrons. The van der Waals surface area contributed by atoms with Crippen LogP contribution in [-0.2, 0) is 6.54 Å². The second-order valence-corrected chi connectivity index (χ2v) is 7.29. The van der Waals surface area contributed by atoms with Gasteiger partial charge in [-0.1, -0.05) is 29.5 Å². The van der Waals surface area contributed by atoms with Crippen LogP contribution in [0.2, 0.25) is 0 Å². The van der Waals surface area contributed by atoms with E-state index in [2.05, 4.69) is 20.6 Å². The van der Waals surface area contributed by atoms with Crippen molar-refractivity contribution in [3.05, 3.63) is 71.4 Å². The average Bonchev–Trinajstić information content (AvgIpc) is 3.37. The molecule has 33 heavy (non-hydrogen) atoms. The molecule has 1 amide bonds. The molecule has 2 aromatic heterocycles. The van der Waals surface area contributed by atoms with Gasteiger partial charge in [-0.2, -0.15) is 0 Å². The van der Waals surface area contributed by atoms with Crippen LogP contribution in [0.1, 0.15) is 34.6 Å². The fraction of sp³-hybridized carbons (Fsp3) is 0.250. The zero-order valence-corrected chi connectivity index (χ0v) is 19.0. The van der Waals surface area contributed by atoms with E-state index >= 15 is 0 Å². The van der Waals surface area contributed by atoms with Crippen molar-refractivity contribution >= 4 is 11.6 Å². The minimum atomic E-state index is -0.369. The van der Waals surface area contributed by atoms with Gasteiger partial charge in [-0.15, -0.1) is 5.10 Å². The lowest BCUT2D eigenvalue weighted by Crippen LogP contribution is -2.15. The van der Waals surface area contributed by atoms with Crippen molar-refractivity contribution in [1.29, 1.82) is 0 Å². The molecule has 9 heteroatoms. The molecule has 0 aliphatic rings. The van der Waals surface area contributed by atoms with Crippen LogP contribution in [0.3, 0.4) is 0 Å². The van der Waals surface area contributed by atoms with Crippen LogP contribution in [-0.4, -0.2) is 39.6 Å². The lowest BCUT2D eigenvalue weighted by atomic mass is 10.2. The molecule has 0 bridgehead atoms. The van der Waals surface area contributed by atoms with Crippen LogP contribution >= 0.6 is 0 Å². The number of ether oxygens (including phenoxy) is 2. The molecule has 0 radical (unpaired) electrons. The van der Waals surface area contributed by atoms with Gasteiger partial charge in [0.05, 0.1) is 37.2 Å². The standard InChI is InChI=1S/C24H25N5O4/c1-5-32-20-12-8-6-10-17(20)24-26-19(16(3)33-24)14-29-15(2)22(27-28-29)23(30)25-18-11-7-9-13-21(18)31-4/h6-13H,5,14H2,1-4H3,(H,25,30). The first-order valence-electron chi connectivity index (χ1n) is 10.5. The lowest BCUT2D eigenvalue weighted by molar-refractivity contribution is 0.102. The maximum Gasteiger partial charge on any atom is 0.278 e. The van der Waals surface area contributed by atoms with Crippen LogP contribution in [0.15, 0.2) is 52.9 Å². The summed E-state index contributed by atoms with van der Waals surface area (Å²) < 4.78 is 18.5. The monoisotopic (exact) mass is 447 g/mol. The Balaban J connectivity index is 1.55. The number of nitrogens with one attached hydrogen (secondary N) is 1. The van der Waals surface area contributed by atoms with Gasteiger partial charge in [0, 0.05) is 0 Å². The Bertz CT molecular complexity index is 1280. The average molecular weight is 447 g/mol. The molecular formula is C24H25N5O4. The van der Waals surface area contributed by atoms with Gasteiger partial charge in [-0.25, -0.2) is 9.67 Å². The van der Waals surface area contributed by atoms with Crippen LogP contribution in [0, 0.1) is 13.8 Å². The highest BCUT2D eigenvalue weighted by molar-refractivity contribution is 6.04. The first-order valence-corrected chi connectivity index (χ1v) is 10.5. The number of hydrogen-bond acceptors (Lipinski definition) is 7. The number of para-hydroxylation sites is 3. The highest BCUT2D eigenvalue weighted by Gasteiger charge is 2.21. The number of aromatic nitrogens is 4. The van der Waals surface area contributed by atoms with Crippen molar-refractivity contribution in [1.82, 2.24) is 20.0 Å². The largest absolute Gasteiger partial charge is 0.495 e. The molecular weight excluding hydrogens is 422 g/mol. The van der Waals surface area contributed by atoms with Crippen molar-refractivity contribution in [3.8, 4) is 23.0 Å². The number of amides is 1. The number of oxazole rings is 1. The Morgan fingerprint density at radius 3 is 2.58 bits per heavy atom. The Hall–Kier alpha value is -4.14. The molecule has 0 saturated heterocycles. The minimum Gasteiger partial charge on any atom is -0.495 e. The molecule has 0 aliphatic carbocycles. The highest BCUT2D eigenvalue weighted by Crippen LogP contribution is 2.31. The van der Waals surface area contributed by atoms with Crippen molar-refractivity contribution in [2.45, 2.75) is 27.3 Å². The van der Waals surface area contributed by atoms with E-state index in [-0.39, 0.29) is 11.6 Å². The first kappa shape index (κ1) is 22.1. The van der Waals surface area contributed by atoms with E-state index < -0.39 is 0 Å².